The molecule has 0 spiro atoms. The van der Waals surface area contributed by atoms with Gasteiger partial charge in [0, 0.05) is 38.9 Å². The number of nitrogens with zero attached hydrogens (tertiary/aromatic N) is 4. The third-order valence-corrected chi connectivity index (χ3v) is 6.77. The predicted octanol–water partition coefficient (Wildman–Crippen LogP) is 0.843. The lowest BCUT2D eigenvalue weighted by Gasteiger charge is -2.33. The van der Waals surface area contributed by atoms with E-state index in [1.54, 1.807) is 17.0 Å². The van der Waals surface area contributed by atoms with Crippen LogP contribution in [-0.2, 0) is 19.6 Å². The number of amides is 1. The quantitative estimate of drug-likeness (QED) is 0.595. The summed E-state index contributed by atoms with van der Waals surface area (Å²) < 4.78 is 57.6. The predicted molar refractivity (Wildman–Crippen MR) is 105 cm³/mol. The summed E-state index contributed by atoms with van der Waals surface area (Å²) in [6.07, 6.45) is 0. The topological polar surface area (TPSA) is 102 Å². The molecule has 9 nitrogen and oxygen atoms in total. The number of rotatable bonds is 8. The Labute approximate surface area is 172 Å². The lowest BCUT2D eigenvalue weighted by molar-refractivity contribution is -0.134. The molecule has 29 heavy (non-hydrogen) atoms. The number of halogens is 1. The van der Waals surface area contributed by atoms with Gasteiger partial charge in [-0.05, 0) is 12.1 Å². The number of methoxy groups -OCH3 is 1. The molecule has 0 atom stereocenters. The van der Waals surface area contributed by atoms with Crippen LogP contribution >= 0.6 is 11.7 Å². The number of carbonyl (C=O) groups excluding carboxylic acids is 1. The maximum absolute atomic E-state index is 13.4. The average Bonchev–Trinajstić information content (AvgIpc) is 3.19. The second-order valence-corrected chi connectivity index (χ2v) is 8.92. The van der Waals surface area contributed by atoms with Crippen molar-refractivity contribution in [1.82, 2.24) is 18.0 Å². The third-order valence-electron chi connectivity index (χ3n) is 4.42. The highest BCUT2D eigenvalue weighted by Crippen LogP contribution is 2.28. The molecule has 1 aliphatic rings. The van der Waals surface area contributed by atoms with Gasteiger partial charge < -0.3 is 14.4 Å². The second kappa shape index (κ2) is 9.57. The van der Waals surface area contributed by atoms with Crippen LogP contribution in [-0.4, -0.2) is 84.5 Å². The first-order valence-electron chi connectivity index (χ1n) is 8.86. The molecule has 1 aromatic heterocycles. The van der Waals surface area contributed by atoms with Gasteiger partial charge in [0.25, 0.3) is 11.8 Å². The number of hydrogen-bond donors (Lipinski definition) is 0. The summed E-state index contributed by atoms with van der Waals surface area (Å²) in [4.78, 5) is 14.0. The molecule has 1 fully saturated rings. The lowest BCUT2D eigenvalue weighted by atomic mass is 10.1. The zero-order chi connectivity index (χ0) is 20.9. The summed E-state index contributed by atoms with van der Waals surface area (Å²) >= 11 is 0.908. The average molecular weight is 445 g/mol. The van der Waals surface area contributed by atoms with Crippen molar-refractivity contribution in [2.45, 2.75) is 0 Å². The number of benzene rings is 1. The van der Waals surface area contributed by atoms with Crippen molar-refractivity contribution in [3.05, 3.63) is 30.1 Å². The molecule has 0 unspecified atom stereocenters. The molecule has 158 valence electrons. The molecule has 12 heteroatoms. The fourth-order valence-electron chi connectivity index (χ4n) is 2.84. The van der Waals surface area contributed by atoms with Crippen LogP contribution in [0.1, 0.15) is 0 Å². The summed E-state index contributed by atoms with van der Waals surface area (Å²) in [5, 5.41) is 0. The van der Waals surface area contributed by atoms with Crippen LogP contribution < -0.4 is 4.74 Å². The molecular weight excluding hydrogens is 423 g/mol. The minimum Gasteiger partial charge on any atom is -0.465 e. The van der Waals surface area contributed by atoms with Gasteiger partial charge in [0.15, 0.2) is 6.61 Å². The molecule has 1 aromatic carbocycles. The SMILES string of the molecule is COCCS(=O)(=O)N1CCN(C(=O)COc2nsnc2-c2cccc(F)c2)CC1. The normalized spacial score (nSPS) is 15.4. The molecule has 0 N–H and O–H groups in total. The van der Waals surface area contributed by atoms with Crippen LogP contribution in [0.25, 0.3) is 11.3 Å². The minimum atomic E-state index is -3.39. The van der Waals surface area contributed by atoms with Gasteiger partial charge in [-0.15, -0.1) is 4.37 Å². The first-order valence-corrected chi connectivity index (χ1v) is 11.2. The highest BCUT2D eigenvalue weighted by atomic mass is 32.2. The van der Waals surface area contributed by atoms with Crippen LogP contribution in [0.3, 0.4) is 0 Å². The minimum absolute atomic E-state index is 0.0831. The first-order chi connectivity index (χ1) is 13.9. The summed E-state index contributed by atoms with van der Waals surface area (Å²) in [5.74, 6) is -0.608. The van der Waals surface area contributed by atoms with E-state index in [1.807, 2.05) is 0 Å². The Hall–Kier alpha value is -2.15. The molecule has 2 aromatic rings. The van der Waals surface area contributed by atoms with Crippen molar-refractivity contribution < 1.29 is 27.1 Å². The monoisotopic (exact) mass is 444 g/mol. The zero-order valence-corrected chi connectivity index (χ0v) is 17.4. The van der Waals surface area contributed by atoms with Gasteiger partial charge in [-0.2, -0.15) is 8.68 Å². The second-order valence-electron chi connectivity index (χ2n) is 6.31. The molecule has 1 amide bonds. The van der Waals surface area contributed by atoms with E-state index in [0.29, 0.717) is 11.3 Å². The fourth-order valence-corrected chi connectivity index (χ4v) is 4.72. The van der Waals surface area contributed by atoms with E-state index in [2.05, 4.69) is 8.75 Å². The summed E-state index contributed by atoms with van der Waals surface area (Å²) in [6, 6.07) is 5.87. The van der Waals surface area contributed by atoms with Crippen LogP contribution in [0, 0.1) is 5.82 Å². The van der Waals surface area contributed by atoms with E-state index >= 15 is 0 Å². The number of piperazine rings is 1. The van der Waals surface area contributed by atoms with Crippen molar-refractivity contribution in [3.63, 3.8) is 0 Å². The maximum atomic E-state index is 13.4. The summed E-state index contributed by atoms with van der Waals surface area (Å²) in [5.41, 5.74) is 0.882. The standard InChI is InChI=1S/C17H21FN4O5S2/c1-26-9-10-29(24,25)22-7-5-21(6-8-22)15(23)12-27-17-16(19-28-20-17)13-3-2-4-14(18)11-13/h2-4,11H,5-10,12H2,1H3. The highest BCUT2D eigenvalue weighted by molar-refractivity contribution is 7.89. The van der Waals surface area contributed by atoms with Gasteiger partial charge in [0.1, 0.15) is 11.5 Å². The molecule has 0 radical (unpaired) electrons. The van der Waals surface area contributed by atoms with Crippen molar-refractivity contribution in [2.24, 2.45) is 0 Å². The maximum Gasteiger partial charge on any atom is 0.260 e. The Bertz CT molecular complexity index is 945. The van der Waals surface area contributed by atoms with Crippen molar-refractivity contribution in [3.8, 4) is 17.1 Å². The van der Waals surface area contributed by atoms with E-state index in [1.165, 1.54) is 23.5 Å². The molecule has 0 saturated carbocycles. The van der Waals surface area contributed by atoms with Crippen LogP contribution in [0.4, 0.5) is 4.39 Å². The molecule has 0 aliphatic carbocycles. The lowest BCUT2D eigenvalue weighted by Crippen LogP contribution is -2.52. The molecule has 0 bridgehead atoms. The van der Waals surface area contributed by atoms with Gasteiger partial charge in [-0.1, -0.05) is 12.1 Å². The molecule has 3 rings (SSSR count). The Morgan fingerprint density at radius 1 is 1.24 bits per heavy atom. The highest BCUT2D eigenvalue weighted by Gasteiger charge is 2.29. The first kappa shape index (κ1) is 21.6. The van der Waals surface area contributed by atoms with Gasteiger partial charge in [0.05, 0.1) is 24.1 Å². The van der Waals surface area contributed by atoms with Crippen LogP contribution in [0.2, 0.25) is 0 Å². The fraction of sp³-hybridized carbons (Fsp3) is 0.471. The Morgan fingerprint density at radius 2 is 2.00 bits per heavy atom. The van der Waals surface area contributed by atoms with Crippen LogP contribution in [0.5, 0.6) is 5.88 Å². The van der Waals surface area contributed by atoms with Gasteiger partial charge >= 0.3 is 0 Å². The zero-order valence-electron chi connectivity index (χ0n) is 15.8. The molecular formula is C17H21FN4O5S2. The van der Waals surface area contributed by atoms with E-state index in [0.717, 1.165) is 11.7 Å². The van der Waals surface area contributed by atoms with Crippen molar-refractivity contribution in [1.29, 1.82) is 0 Å². The van der Waals surface area contributed by atoms with E-state index in [9.17, 15) is 17.6 Å². The molecule has 2 heterocycles. The number of sulfonamides is 1. The Balaban J connectivity index is 1.54. The smallest absolute Gasteiger partial charge is 0.260 e. The number of ether oxygens (including phenoxy) is 2. The van der Waals surface area contributed by atoms with Crippen LogP contribution in [0.15, 0.2) is 24.3 Å². The number of aromatic nitrogens is 2. The summed E-state index contributed by atoms with van der Waals surface area (Å²) in [6.45, 7) is 0.880. The number of carbonyl (C=O) groups is 1. The molecule has 1 aliphatic heterocycles. The third kappa shape index (κ3) is 5.47. The van der Waals surface area contributed by atoms with E-state index in [4.69, 9.17) is 9.47 Å². The molecule has 1 saturated heterocycles. The van der Waals surface area contributed by atoms with Gasteiger partial charge in [0.2, 0.25) is 10.0 Å². The van der Waals surface area contributed by atoms with E-state index < -0.39 is 15.8 Å². The van der Waals surface area contributed by atoms with Crippen molar-refractivity contribution in [2.75, 3.05) is 52.3 Å². The Morgan fingerprint density at radius 3 is 2.69 bits per heavy atom. The summed E-state index contributed by atoms with van der Waals surface area (Å²) in [7, 11) is -1.94. The van der Waals surface area contributed by atoms with Gasteiger partial charge in [-0.25, -0.2) is 12.8 Å². The number of hydrogen-bond acceptors (Lipinski definition) is 8. The van der Waals surface area contributed by atoms with Crippen molar-refractivity contribution >= 4 is 27.7 Å². The van der Waals surface area contributed by atoms with E-state index in [-0.39, 0.29) is 56.9 Å². The Kier molecular flexibility index (Phi) is 7.11. The van der Waals surface area contributed by atoms with Gasteiger partial charge in [-0.3, -0.25) is 4.79 Å². The largest absolute Gasteiger partial charge is 0.465 e.